The Kier molecular flexibility index (Phi) is 3.96. The minimum absolute atomic E-state index is 0.413. The Bertz CT molecular complexity index is 502. The van der Waals surface area contributed by atoms with Crippen LogP contribution in [0.2, 0.25) is 5.15 Å². The molecule has 0 N–H and O–H groups in total. The number of benzene rings is 1. The lowest BCUT2D eigenvalue weighted by atomic mass is 10.2. The maximum absolute atomic E-state index is 5.78. The SMILES string of the molecule is COCc1cccc(Oc2ccnc(Cl)c2)c1. The van der Waals surface area contributed by atoms with Gasteiger partial charge in [0.15, 0.2) is 0 Å². The second kappa shape index (κ2) is 5.66. The Hall–Kier alpha value is -1.58. The molecule has 0 saturated carbocycles. The van der Waals surface area contributed by atoms with Crippen molar-refractivity contribution in [1.82, 2.24) is 4.98 Å². The van der Waals surface area contributed by atoms with Gasteiger partial charge in [-0.25, -0.2) is 4.98 Å². The van der Waals surface area contributed by atoms with Crippen molar-refractivity contribution in [1.29, 1.82) is 0 Å². The van der Waals surface area contributed by atoms with Gasteiger partial charge in [-0.3, -0.25) is 0 Å². The van der Waals surface area contributed by atoms with Crippen molar-refractivity contribution in [3.8, 4) is 11.5 Å². The number of rotatable bonds is 4. The largest absolute Gasteiger partial charge is 0.457 e. The summed E-state index contributed by atoms with van der Waals surface area (Å²) in [5.74, 6) is 1.42. The Morgan fingerprint density at radius 1 is 1.18 bits per heavy atom. The average Bonchev–Trinajstić information content (AvgIpc) is 2.30. The molecule has 17 heavy (non-hydrogen) atoms. The van der Waals surface area contributed by atoms with Gasteiger partial charge in [0.05, 0.1) is 6.61 Å². The lowest BCUT2D eigenvalue weighted by Gasteiger charge is -2.07. The van der Waals surface area contributed by atoms with Gasteiger partial charge in [-0.15, -0.1) is 0 Å². The topological polar surface area (TPSA) is 31.4 Å². The van der Waals surface area contributed by atoms with Crippen LogP contribution in [0, 0.1) is 0 Å². The second-order valence-corrected chi connectivity index (χ2v) is 3.88. The van der Waals surface area contributed by atoms with E-state index < -0.39 is 0 Å². The van der Waals surface area contributed by atoms with E-state index in [2.05, 4.69) is 4.98 Å². The number of halogens is 1. The van der Waals surface area contributed by atoms with Gasteiger partial charge in [-0.2, -0.15) is 0 Å². The highest BCUT2D eigenvalue weighted by Crippen LogP contribution is 2.23. The molecule has 0 spiro atoms. The van der Waals surface area contributed by atoms with E-state index in [1.54, 1.807) is 25.4 Å². The maximum Gasteiger partial charge on any atom is 0.132 e. The number of hydrogen-bond donors (Lipinski definition) is 0. The van der Waals surface area contributed by atoms with Gasteiger partial charge in [-0.05, 0) is 23.8 Å². The van der Waals surface area contributed by atoms with Gasteiger partial charge in [0.25, 0.3) is 0 Å². The first-order chi connectivity index (χ1) is 8.28. The van der Waals surface area contributed by atoms with Crippen LogP contribution in [0.4, 0.5) is 0 Å². The van der Waals surface area contributed by atoms with Crippen LogP contribution in [0.3, 0.4) is 0 Å². The third kappa shape index (κ3) is 3.44. The third-order valence-corrected chi connectivity index (χ3v) is 2.35. The quantitative estimate of drug-likeness (QED) is 0.775. The van der Waals surface area contributed by atoms with Gasteiger partial charge in [0.1, 0.15) is 16.7 Å². The fraction of sp³-hybridized carbons (Fsp3) is 0.154. The van der Waals surface area contributed by atoms with E-state index in [9.17, 15) is 0 Å². The van der Waals surface area contributed by atoms with Crippen molar-refractivity contribution >= 4 is 11.6 Å². The predicted molar refractivity (Wildman–Crippen MR) is 66.5 cm³/mol. The van der Waals surface area contributed by atoms with Crippen molar-refractivity contribution in [2.24, 2.45) is 0 Å². The van der Waals surface area contributed by atoms with E-state index in [-0.39, 0.29) is 0 Å². The first-order valence-electron chi connectivity index (χ1n) is 5.15. The zero-order chi connectivity index (χ0) is 12.1. The molecule has 0 aliphatic carbocycles. The van der Waals surface area contributed by atoms with Gasteiger partial charge in [0.2, 0.25) is 0 Å². The molecule has 88 valence electrons. The van der Waals surface area contributed by atoms with Crippen molar-refractivity contribution in [2.75, 3.05) is 7.11 Å². The number of pyridine rings is 1. The lowest BCUT2D eigenvalue weighted by Crippen LogP contribution is -1.89. The Balaban J connectivity index is 2.15. The van der Waals surface area contributed by atoms with Gasteiger partial charge in [-0.1, -0.05) is 23.7 Å². The van der Waals surface area contributed by atoms with Gasteiger partial charge in [0, 0.05) is 19.4 Å². The van der Waals surface area contributed by atoms with Crippen molar-refractivity contribution in [3.63, 3.8) is 0 Å². The zero-order valence-electron chi connectivity index (χ0n) is 9.39. The van der Waals surface area contributed by atoms with Crippen LogP contribution in [-0.2, 0) is 11.3 Å². The lowest BCUT2D eigenvalue weighted by molar-refractivity contribution is 0.184. The molecule has 0 amide bonds. The number of ether oxygens (including phenoxy) is 2. The molecule has 0 fully saturated rings. The Labute approximate surface area is 105 Å². The molecule has 1 heterocycles. The predicted octanol–water partition coefficient (Wildman–Crippen LogP) is 3.67. The maximum atomic E-state index is 5.78. The fourth-order valence-electron chi connectivity index (χ4n) is 1.45. The van der Waals surface area contributed by atoms with Gasteiger partial charge < -0.3 is 9.47 Å². The summed E-state index contributed by atoms with van der Waals surface area (Å²) in [5, 5.41) is 0.413. The normalized spacial score (nSPS) is 10.2. The molecule has 0 aliphatic heterocycles. The standard InChI is InChI=1S/C13H12ClNO2/c1-16-9-10-3-2-4-11(7-10)17-12-5-6-15-13(14)8-12/h2-8H,9H2,1H3. The minimum atomic E-state index is 0.413. The first kappa shape index (κ1) is 11.9. The molecule has 3 nitrogen and oxygen atoms in total. The van der Waals surface area contributed by atoms with E-state index in [4.69, 9.17) is 21.1 Å². The number of aromatic nitrogens is 1. The highest BCUT2D eigenvalue weighted by Gasteiger charge is 2.00. The number of hydrogen-bond acceptors (Lipinski definition) is 3. The molecule has 0 bridgehead atoms. The van der Waals surface area contributed by atoms with E-state index in [1.807, 2.05) is 24.3 Å². The van der Waals surface area contributed by atoms with Crippen LogP contribution in [0.15, 0.2) is 42.6 Å². The summed E-state index contributed by atoms with van der Waals surface area (Å²) in [5.41, 5.74) is 1.06. The highest BCUT2D eigenvalue weighted by atomic mass is 35.5. The summed E-state index contributed by atoms with van der Waals surface area (Å²) >= 11 is 5.78. The molecule has 0 saturated heterocycles. The van der Waals surface area contributed by atoms with Gasteiger partial charge >= 0.3 is 0 Å². The highest BCUT2D eigenvalue weighted by molar-refractivity contribution is 6.29. The molecule has 0 radical (unpaired) electrons. The smallest absolute Gasteiger partial charge is 0.132 e. The van der Waals surface area contributed by atoms with Crippen LogP contribution >= 0.6 is 11.6 Å². The number of methoxy groups -OCH3 is 1. The third-order valence-electron chi connectivity index (χ3n) is 2.14. The molecule has 2 rings (SSSR count). The molecular formula is C13H12ClNO2. The van der Waals surface area contributed by atoms with Crippen LogP contribution < -0.4 is 4.74 Å². The van der Waals surface area contributed by atoms with E-state index in [1.165, 1.54) is 0 Å². The van der Waals surface area contributed by atoms with Crippen molar-refractivity contribution in [3.05, 3.63) is 53.3 Å². The van der Waals surface area contributed by atoms with E-state index in [0.29, 0.717) is 17.5 Å². The van der Waals surface area contributed by atoms with Crippen molar-refractivity contribution < 1.29 is 9.47 Å². The minimum Gasteiger partial charge on any atom is -0.457 e. The summed E-state index contributed by atoms with van der Waals surface area (Å²) in [6, 6.07) is 11.1. The van der Waals surface area contributed by atoms with E-state index >= 15 is 0 Å². The fourth-order valence-corrected chi connectivity index (χ4v) is 1.61. The number of nitrogens with zero attached hydrogens (tertiary/aromatic N) is 1. The van der Waals surface area contributed by atoms with Crippen LogP contribution in [0.5, 0.6) is 11.5 Å². The summed E-state index contributed by atoms with van der Waals surface area (Å²) in [4.78, 5) is 3.89. The summed E-state index contributed by atoms with van der Waals surface area (Å²) < 4.78 is 10.7. The first-order valence-corrected chi connectivity index (χ1v) is 5.53. The summed E-state index contributed by atoms with van der Waals surface area (Å²) in [7, 11) is 1.66. The average molecular weight is 250 g/mol. The van der Waals surface area contributed by atoms with Crippen molar-refractivity contribution in [2.45, 2.75) is 6.61 Å². The second-order valence-electron chi connectivity index (χ2n) is 3.50. The monoisotopic (exact) mass is 249 g/mol. The van der Waals surface area contributed by atoms with Crippen LogP contribution in [-0.4, -0.2) is 12.1 Å². The molecule has 2 aromatic rings. The molecule has 4 heteroatoms. The Morgan fingerprint density at radius 2 is 2.00 bits per heavy atom. The van der Waals surface area contributed by atoms with E-state index in [0.717, 1.165) is 11.3 Å². The zero-order valence-corrected chi connectivity index (χ0v) is 10.1. The molecule has 1 aromatic carbocycles. The molecule has 0 aliphatic rings. The molecule has 0 atom stereocenters. The Morgan fingerprint density at radius 3 is 2.76 bits per heavy atom. The van der Waals surface area contributed by atoms with Crippen LogP contribution in [0.1, 0.15) is 5.56 Å². The molecule has 1 aromatic heterocycles. The summed E-state index contributed by atoms with van der Waals surface area (Å²) in [6.07, 6.45) is 1.61. The molecule has 0 unspecified atom stereocenters. The summed E-state index contributed by atoms with van der Waals surface area (Å²) in [6.45, 7) is 0.564. The van der Waals surface area contributed by atoms with Crippen LogP contribution in [0.25, 0.3) is 0 Å². The molecular weight excluding hydrogens is 238 g/mol.